The summed E-state index contributed by atoms with van der Waals surface area (Å²) in [4.78, 5) is 24.7. The molecular weight excluding hydrogens is 324 g/mol. The summed E-state index contributed by atoms with van der Waals surface area (Å²) in [5.41, 5.74) is 0.676. The predicted octanol–water partition coefficient (Wildman–Crippen LogP) is 3.14. The summed E-state index contributed by atoms with van der Waals surface area (Å²) in [7, 11) is 4.38. The standard InChI is InChI=1S/C19H20O6/c1-12(17(20)13-8-6-5-7-9-13)25-19(21)14-10-15(22-2)18(24-4)16(11-14)23-3/h5-12H,1-4H3. The van der Waals surface area contributed by atoms with Crippen molar-refractivity contribution in [2.45, 2.75) is 13.0 Å². The van der Waals surface area contributed by atoms with Crippen LogP contribution in [-0.4, -0.2) is 39.2 Å². The van der Waals surface area contributed by atoms with E-state index < -0.39 is 12.1 Å². The summed E-state index contributed by atoms with van der Waals surface area (Å²) >= 11 is 0. The third-order valence-electron chi connectivity index (χ3n) is 3.61. The van der Waals surface area contributed by atoms with Crippen LogP contribution < -0.4 is 14.2 Å². The van der Waals surface area contributed by atoms with Crippen molar-refractivity contribution in [2.24, 2.45) is 0 Å². The van der Waals surface area contributed by atoms with E-state index in [1.54, 1.807) is 24.3 Å². The predicted molar refractivity (Wildman–Crippen MR) is 91.7 cm³/mol. The normalized spacial score (nSPS) is 11.4. The fraction of sp³-hybridized carbons (Fsp3) is 0.263. The van der Waals surface area contributed by atoms with Crippen molar-refractivity contribution in [1.82, 2.24) is 0 Å². The van der Waals surface area contributed by atoms with Crippen LogP contribution in [0.5, 0.6) is 17.2 Å². The van der Waals surface area contributed by atoms with E-state index in [0.717, 1.165) is 0 Å². The van der Waals surface area contributed by atoms with E-state index in [9.17, 15) is 9.59 Å². The van der Waals surface area contributed by atoms with Gasteiger partial charge < -0.3 is 18.9 Å². The highest BCUT2D eigenvalue weighted by atomic mass is 16.5. The largest absolute Gasteiger partial charge is 0.493 e. The van der Waals surface area contributed by atoms with Crippen molar-refractivity contribution in [3.8, 4) is 17.2 Å². The summed E-state index contributed by atoms with van der Waals surface area (Å²) in [6.45, 7) is 1.53. The molecule has 6 heteroatoms. The van der Waals surface area contributed by atoms with Gasteiger partial charge in [0, 0.05) is 5.56 Å². The zero-order chi connectivity index (χ0) is 18.4. The van der Waals surface area contributed by atoms with Gasteiger partial charge in [-0.3, -0.25) is 4.79 Å². The molecule has 0 spiro atoms. The second kappa shape index (κ2) is 8.19. The second-order valence-electron chi connectivity index (χ2n) is 5.19. The molecule has 0 aliphatic heterocycles. The average molecular weight is 344 g/mol. The minimum absolute atomic E-state index is 0.196. The van der Waals surface area contributed by atoms with Crippen LogP contribution in [-0.2, 0) is 4.74 Å². The number of hydrogen-bond donors (Lipinski definition) is 0. The molecule has 0 heterocycles. The summed E-state index contributed by atoms with van der Waals surface area (Å²) in [5, 5.41) is 0. The van der Waals surface area contributed by atoms with Gasteiger partial charge >= 0.3 is 5.97 Å². The maximum atomic E-state index is 12.4. The minimum atomic E-state index is -0.922. The van der Waals surface area contributed by atoms with Gasteiger partial charge in [-0.05, 0) is 19.1 Å². The number of carbonyl (C=O) groups excluding carboxylic acids is 2. The van der Waals surface area contributed by atoms with E-state index >= 15 is 0 Å². The third-order valence-corrected chi connectivity index (χ3v) is 3.61. The summed E-state index contributed by atoms with van der Waals surface area (Å²) < 4.78 is 20.9. The molecule has 0 saturated heterocycles. The number of ketones is 1. The Bertz CT molecular complexity index is 729. The van der Waals surface area contributed by atoms with Crippen LogP contribution in [0.2, 0.25) is 0 Å². The van der Waals surface area contributed by atoms with Gasteiger partial charge in [0.1, 0.15) is 0 Å². The Morgan fingerprint density at radius 2 is 1.40 bits per heavy atom. The molecule has 0 aliphatic carbocycles. The summed E-state index contributed by atoms with van der Waals surface area (Å²) in [6.07, 6.45) is -0.922. The molecule has 0 saturated carbocycles. The maximum Gasteiger partial charge on any atom is 0.339 e. The Morgan fingerprint density at radius 1 is 0.840 bits per heavy atom. The average Bonchev–Trinajstić information content (AvgIpc) is 2.66. The van der Waals surface area contributed by atoms with Crippen molar-refractivity contribution >= 4 is 11.8 Å². The molecule has 132 valence electrons. The number of rotatable bonds is 7. The molecule has 1 unspecified atom stereocenters. The summed E-state index contributed by atoms with van der Waals surface area (Å²) in [6, 6.07) is 11.6. The van der Waals surface area contributed by atoms with Gasteiger partial charge in [0.05, 0.1) is 26.9 Å². The molecule has 2 aromatic rings. The topological polar surface area (TPSA) is 71.1 Å². The van der Waals surface area contributed by atoms with Crippen LogP contribution in [0.1, 0.15) is 27.6 Å². The minimum Gasteiger partial charge on any atom is -0.493 e. The third kappa shape index (κ3) is 4.09. The van der Waals surface area contributed by atoms with Crippen molar-refractivity contribution < 1.29 is 28.5 Å². The van der Waals surface area contributed by atoms with Gasteiger partial charge in [-0.2, -0.15) is 0 Å². The van der Waals surface area contributed by atoms with E-state index in [2.05, 4.69) is 0 Å². The fourth-order valence-corrected chi connectivity index (χ4v) is 2.32. The Kier molecular flexibility index (Phi) is 6.00. The number of Topliss-reactive ketones (excluding diaryl/α,β-unsaturated/α-hetero) is 1. The molecular formula is C19H20O6. The zero-order valence-corrected chi connectivity index (χ0v) is 14.6. The fourth-order valence-electron chi connectivity index (χ4n) is 2.32. The van der Waals surface area contributed by atoms with Crippen molar-refractivity contribution in [3.05, 3.63) is 53.6 Å². The number of ether oxygens (including phenoxy) is 4. The first-order valence-electron chi connectivity index (χ1n) is 7.62. The highest BCUT2D eigenvalue weighted by Crippen LogP contribution is 2.38. The monoisotopic (exact) mass is 344 g/mol. The van der Waals surface area contributed by atoms with E-state index in [0.29, 0.717) is 22.8 Å². The smallest absolute Gasteiger partial charge is 0.339 e. The Labute approximate surface area is 146 Å². The number of methoxy groups -OCH3 is 3. The van der Waals surface area contributed by atoms with Crippen LogP contribution in [0, 0.1) is 0 Å². The molecule has 0 aromatic heterocycles. The lowest BCUT2D eigenvalue weighted by Crippen LogP contribution is -2.24. The van der Waals surface area contributed by atoms with Gasteiger partial charge in [-0.25, -0.2) is 4.79 Å². The molecule has 1 atom stereocenters. The molecule has 25 heavy (non-hydrogen) atoms. The lowest BCUT2D eigenvalue weighted by Gasteiger charge is -2.15. The lowest BCUT2D eigenvalue weighted by molar-refractivity contribution is 0.0318. The van der Waals surface area contributed by atoms with E-state index in [-0.39, 0.29) is 11.3 Å². The van der Waals surface area contributed by atoms with Crippen molar-refractivity contribution in [3.63, 3.8) is 0 Å². The quantitative estimate of drug-likeness (QED) is 0.568. The number of hydrogen-bond acceptors (Lipinski definition) is 6. The van der Waals surface area contributed by atoms with E-state index in [4.69, 9.17) is 18.9 Å². The molecule has 0 radical (unpaired) electrons. The molecule has 0 aliphatic rings. The van der Waals surface area contributed by atoms with Gasteiger partial charge in [0.15, 0.2) is 17.6 Å². The Morgan fingerprint density at radius 3 is 1.88 bits per heavy atom. The number of carbonyl (C=O) groups is 2. The Balaban J connectivity index is 2.21. The highest BCUT2D eigenvalue weighted by molar-refractivity contribution is 6.01. The van der Waals surface area contributed by atoms with Crippen LogP contribution in [0.25, 0.3) is 0 Å². The van der Waals surface area contributed by atoms with E-state index in [1.165, 1.54) is 40.4 Å². The first kappa shape index (κ1) is 18.3. The maximum absolute atomic E-state index is 12.4. The van der Waals surface area contributed by atoms with Gasteiger partial charge in [0.2, 0.25) is 11.5 Å². The first-order valence-corrected chi connectivity index (χ1v) is 7.62. The van der Waals surface area contributed by atoms with Gasteiger partial charge in [-0.1, -0.05) is 30.3 Å². The van der Waals surface area contributed by atoms with Gasteiger partial charge in [-0.15, -0.1) is 0 Å². The van der Waals surface area contributed by atoms with Crippen LogP contribution >= 0.6 is 0 Å². The summed E-state index contributed by atoms with van der Waals surface area (Å²) in [5.74, 6) is 0.0964. The number of esters is 1. The molecule has 0 N–H and O–H groups in total. The molecule has 0 fully saturated rings. The second-order valence-corrected chi connectivity index (χ2v) is 5.19. The van der Waals surface area contributed by atoms with Crippen LogP contribution in [0.15, 0.2) is 42.5 Å². The van der Waals surface area contributed by atoms with Crippen molar-refractivity contribution in [1.29, 1.82) is 0 Å². The molecule has 0 bridgehead atoms. The first-order chi connectivity index (χ1) is 12.0. The molecule has 6 nitrogen and oxygen atoms in total. The lowest BCUT2D eigenvalue weighted by atomic mass is 10.1. The Hall–Kier alpha value is -3.02. The van der Waals surface area contributed by atoms with Crippen LogP contribution in [0.4, 0.5) is 0 Å². The SMILES string of the molecule is COc1cc(C(=O)OC(C)C(=O)c2ccccc2)cc(OC)c1OC. The van der Waals surface area contributed by atoms with Gasteiger partial charge in [0.25, 0.3) is 0 Å². The van der Waals surface area contributed by atoms with Crippen molar-refractivity contribution in [2.75, 3.05) is 21.3 Å². The van der Waals surface area contributed by atoms with Crippen LogP contribution in [0.3, 0.4) is 0 Å². The molecule has 2 rings (SSSR count). The van der Waals surface area contributed by atoms with E-state index in [1.807, 2.05) is 6.07 Å². The zero-order valence-electron chi connectivity index (χ0n) is 14.6. The highest BCUT2D eigenvalue weighted by Gasteiger charge is 2.23. The molecule has 2 aromatic carbocycles. The number of benzene rings is 2. The molecule has 0 amide bonds.